The summed E-state index contributed by atoms with van der Waals surface area (Å²) in [6.45, 7) is 0.557. The molecule has 1 heterocycles. The van der Waals surface area contributed by atoms with E-state index in [9.17, 15) is 4.79 Å². The van der Waals surface area contributed by atoms with Crippen molar-refractivity contribution in [1.29, 1.82) is 0 Å². The number of amides is 1. The molecule has 1 amide bonds. The Morgan fingerprint density at radius 3 is 2.69 bits per heavy atom. The van der Waals surface area contributed by atoms with Crippen molar-refractivity contribution in [3.8, 4) is 11.1 Å². The standard InChI is InChI=1S/C21H28N4O/c1-25-13-18(12-24-25)19-8-3-2-5-16(19)11-23-21(26)17-9-14-6-4-7-15(10-17)20(14)22/h2-3,5,8,12-15,17,20H,4,6-7,9-11,22H2,1H3,(H,23,26). The molecule has 2 aliphatic rings. The number of hydrogen-bond acceptors (Lipinski definition) is 3. The zero-order chi connectivity index (χ0) is 18.1. The van der Waals surface area contributed by atoms with Crippen molar-refractivity contribution in [2.75, 3.05) is 0 Å². The van der Waals surface area contributed by atoms with Crippen molar-refractivity contribution in [1.82, 2.24) is 15.1 Å². The molecule has 5 nitrogen and oxygen atoms in total. The molecule has 1 aromatic heterocycles. The molecule has 5 heteroatoms. The van der Waals surface area contributed by atoms with Gasteiger partial charge in [0.05, 0.1) is 6.20 Å². The lowest BCUT2D eigenvalue weighted by atomic mass is 9.65. The minimum absolute atomic E-state index is 0.121. The summed E-state index contributed by atoms with van der Waals surface area (Å²) in [7, 11) is 1.92. The first-order valence-corrected chi connectivity index (χ1v) is 9.72. The number of hydrogen-bond donors (Lipinski definition) is 2. The summed E-state index contributed by atoms with van der Waals surface area (Å²) in [5, 5.41) is 7.44. The molecule has 4 rings (SSSR count). The van der Waals surface area contributed by atoms with E-state index in [2.05, 4.69) is 22.5 Å². The number of nitrogens with zero attached hydrogens (tertiary/aromatic N) is 2. The first kappa shape index (κ1) is 17.3. The molecule has 2 aromatic rings. The molecule has 0 aliphatic heterocycles. The highest BCUT2D eigenvalue weighted by atomic mass is 16.1. The predicted octanol–water partition coefficient (Wildman–Crippen LogP) is 2.86. The summed E-state index contributed by atoms with van der Waals surface area (Å²) in [4.78, 5) is 12.8. The Balaban J connectivity index is 1.42. The van der Waals surface area contributed by atoms with E-state index in [4.69, 9.17) is 5.73 Å². The lowest BCUT2D eigenvalue weighted by Gasteiger charge is -2.43. The van der Waals surface area contributed by atoms with Crippen LogP contribution in [0.2, 0.25) is 0 Å². The normalized spacial score (nSPS) is 27.9. The van der Waals surface area contributed by atoms with Crippen LogP contribution in [0, 0.1) is 17.8 Å². The zero-order valence-corrected chi connectivity index (χ0v) is 15.4. The Labute approximate surface area is 155 Å². The molecule has 1 aromatic carbocycles. The third-order valence-corrected chi connectivity index (χ3v) is 6.27. The average Bonchev–Trinajstić information content (AvgIpc) is 3.06. The molecule has 0 saturated heterocycles. The van der Waals surface area contributed by atoms with Crippen LogP contribution < -0.4 is 11.1 Å². The number of aromatic nitrogens is 2. The van der Waals surface area contributed by atoms with Gasteiger partial charge in [-0.1, -0.05) is 30.7 Å². The van der Waals surface area contributed by atoms with Gasteiger partial charge < -0.3 is 11.1 Å². The van der Waals surface area contributed by atoms with Gasteiger partial charge in [0.25, 0.3) is 0 Å². The number of nitrogens with two attached hydrogens (primary N) is 1. The van der Waals surface area contributed by atoms with Crippen LogP contribution in [0.25, 0.3) is 11.1 Å². The summed E-state index contributed by atoms with van der Waals surface area (Å²) in [6.07, 6.45) is 9.42. The third-order valence-electron chi connectivity index (χ3n) is 6.27. The number of carbonyl (C=O) groups excluding carboxylic acids is 1. The van der Waals surface area contributed by atoms with Crippen LogP contribution in [-0.4, -0.2) is 21.7 Å². The maximum absolute atomic E-state index is 12.8. The fourth-order valence-corrected chi connectivity index (χ4v) is 4.85. The summed E-state index contributed by atoms with van der Waals surface area (Å²) in [5.41, 5.74) is 9.69. The number of benzene rings is 1. The van der Waals surface area contributed by atoms with E-state index in [1.807, 2.05) is 31.6 Å². The topological polar surface area (TPSA) is 72.9 Å². The third kappa shape index (κ3) is 3.40. The number of nitrogens with one attached hydrogen (secondary N) is 1. The van der Waals surface area contributed by atoms with Crippen molar-refractivity contribution in [2.24, 2.45) is 30.5 Å². The monoisotopic (exact) mass is 352 g/mol. The number of fused-ring (bicyclic) bond motifs is 2. The van der Waals surface area contributed by atoms with Crippen molar-refractivity contribution in [3.05, 3.63) is 42.2 Å². The van der Waals surface area contributed by atoms with E-state index in [0.29, 0.717) is 24.4 Å². The molecule has 26 heavy (non-hydrogen) atoms. The molecule has 2 atom stereocenters. The van der Waals surface area contributed by atoms with Crippen LogP contribution in [0.5, 0.6) is 0 Å². The predicted molar refractivity (Wildman–Crippen MR) is 102 cm³/mol. The quantitative estimate of drug-likeness (QED) is 0.889. The summed E-state index contributed by atoms with van der Waals surface area (Å²) in [5.74, 6) is 1.37. The van der Waals surface area contributed by atoms with Gasteiger partial charge in [0.1, 0.15) is 0 Å². The molecule has 2 unspecified atom stereocenters. The molecule has 0 spiro atoms. The van der Waals surface area contributed by atoms with E-state index in [1.165, 1.54) is 19.3 Å². The number of rotatable bonds is 4. The maximum atomic E-state index is 12.8. The minimum atomic E-state index is 0.121. The van der Waals surface area contributed by atoms with Crippen LogP contribution in [0.15, 0.2) is 36.7 Å². The fourth-order valence-electron chi connectivity index (χ4n) is 4.85. The first-order chi connectivity index (χ1) is 12.6. The lowest BCUT2D eigenvalue weighted by Crippen LogP contribution is -2.49. The summed E-state index contributed by atoms with van der Waals surface area (Å²) < 4.78 is 1.80. The van der Waals surface area contributed by atoms with Crippen LogP contribution >= 0.6 is 0 Å². The molecule has 3 N–H and O–H groups in total. The van der Waals surface area contributed by atoms with Gasteiger partial charge in [-0.2, -0.15) is 5.10 Å². The van der Waals surface area contributed by atoms with Gasteiger partial charge in [0.2, 0.25) is 5.91 Å². The second-order valence-corrected chi connectivity index (χ2v) is 7.97. The zero-order valence-electron chi connectivity index (χ0n) is 15.4. The highest BCUT2D eigenvalue weighted by Crippen LogP contribution is 2.41. The van der Waals surface area contributed by atoms with E-state index < -0.39 is 0 Å². The van der Waals surface area contributed by atoms with Crippen molar-refractivity contribution >= 4 is 5.91 Å². The molecule has 2 saturated carbocycles. The molecule has 2 bridgehead atoms. The lowest BCUT2D eigenvalue weighted by molar-refractivity contribution is -0.128. The van der Waals surface area contributed by atoms with Gasteiger partial charge in [-0.05, 0) is 48.6 Å². The largest absolute Gasteiger partial charge is 0.352 e. The Kier molecular flexibility index (Phi) is 4.81. The minimum Gasteiger partial charge on any atom is -0.352 e. The van der Waals surface area contributed by atoms with Crippen molar-refractivity contribution < 1.29 is 4.79 Å². The van der Waals surface area contributed by atoms with Gasteiger partial charge in [-0.3, -0.25) is 9.48 Å². The SMILES string of the molecule is Cn1cc(-c2ccccc2CNC(=O)C2CC3CCCC(C2)C3N)cn1. The van der Waals surface area contributed by atoms with Gasteiger partial charge in [0.15, 0.2) is 0 Å². The van der Waals surface area contributed by atoms with Crippen LogP contribution in [0.3, 0.4) is 0 Å². The molecular weight excluding hydrogens is 324 g/mol. The molecular formula is C21H28N4O. The van der Waals surface area contributed by atoms with E-state index >= 15 is 0 Å². The van der Waals surface area contributed by atoms with E-state index in [1.54, 1.807) is 4.68 Å². The molecule has 2 fully saturated rings. The van der Waals surface area contributed by atoms with Crippen LogP contribution in [0.4, 0.5) is 0 Å². The van der Waals surface area contributed by atoms with Crippen LogP contribution in [0.1, 0.15) is 37.7 Å². The van der Waals surface area contributed by atoms with Gasteiger partial charge in [-0.15, -0.1) is 0 Å². The van der Waals surface area contributed by atoms with Crippen molar-refractivity contribution in [2.45, 2.75) is 44.7 Å². The number of aryl methyl sites for hydroxylation is 1. The second-order valence-electron chi connectivity index (χ2n) is 7.97. The smallest absolute Gasteiger partial charge is 0.223 e. The second kappa shape index (κ2) is 7.23. The highest BCUT2D eigenvalue weighted by Gasteiger charge is 2.40. The highest BCUT2D eigenvalue weighted by molar-refractivity contribution is 5.79. The van der Waals surface area contributed by atoms with Gasteiger partial charge in [0, 0.05) is 37.3 Å². The Morgan fingerprint density at radius 1 is 1.27 bits per heavy atom. The van der Waals surface area contributed by atoms with Crippen molar-refractivity contribution in [3.63, 3.8) is 0 Å². The fraction of sp³-hybridized carbons (Fsp3) is 0.524. The Hall–Kier alpha value is -2.14. The van der Waals surface area contributed by atoms with Gasteiger partial charge in [-0.25, -0.2) is 0 Å². The Morgan fingerprint density at radius 2 is 2.00 bits per heavy atom. The number of carbonyl (C=O) groups is 1. The summed E-state index contributed by atoms with van der Waals surface area (Å²) in [6, 6.07) is 8.51. The summed E-state index contributed by atoms with van der Waals surface area (Å²) >= 11 is 0. The Bertz CT molecular complexity index is 770. The van der Waals surface area contributed by atoms with Gasteiger partial charge >= 0.3 is 0 Å². The van der Waals surface area contributed by atoms with E-state index in [0.717, 1.165) is 29.5 Å². The molecule has 138 valence electrons. The van der Waals surface area contributed by atoms with E-state index in [-0.39, 0.29) is 11.8 Å². The maximum Gasteiger partial charge on any atom is 0.223 e. The molecule has 0 radical (unpaired) electrons. The van der Waals surface area contributed by atoms with Crippen LogP contribution in [-0.2, 0) is 18.4 Å². The average molecular weight is 352 g/mol. The molecule has 2 aliphatic carbocycles. The first-order valence-electron chi connectivity index (χ1n) is 9.72.